The number of hydrogen-bond donors (Lipinski definition) is 1. The van der Waals surface area contributed by atoms with E-state index in [1.165, 1.54) is 16.9 Å². The predicted molar refractivity (Wildman–Crippen MR) is 112 cm³/mol. The van der Waals surface area contributed by atoms with Crippen LogP contribution < -0.4 is 10.2 Å². The van der Waals surface area contributed by atoms with E-state index in [4.69, 9.17) is 16.6 Å². The lowest BCUT2D eigenvalue weighted by molar-refractivity contribution is -0.119. The van der Waals surface area contributed by atoms with Crippen molar-refractivity contribution in [3.05, 3.63) is 64.5 Å². The quantitative estimate of drug-likeness (QED) is 0.622. The summed E-state index contributed by atoms with van der Waals surface area (Å²) < 4.78 is 0. The highest BCUT2D eigenvalue weighted by atomic mass is 35.5. The van der Waals surface area contributed by atoms with Gasteiger partial charge in [0, 0.05) is 17.0 Å². The van der Waals surface area contributed by atoms with Crippen molar-refractivity contribution in [1.82, 2.24) is 10.3 Å². The van der Waals surface area contributed by atoms with Crippen LogP contribution in [0.2, 0.25) is 5.02 Å². The highest BCUT2D eigenvalue weighted by Gasteiger charge is 2.26. The lowest BCUT2D eigenvalue weighted by atomic mass is 10.1. The summed E-state index contributed by atoms with van der Waals surface area (Å²) in [7, 11) is 0. The number of nitrogens with one attached hydrogen (secondary N) is 1. The molecule has 3 aromatic rings. The number of aromatic nitrogens is 1. The third kappa shape index (κ3) is 4.31. The number of carbonyl (C=O) groups excluding carboxylic acids is 1. The second-order valence-electron chi connectivity index (χ2n) is 6.76. The van der Waals surface area contributed by atoms with Crippen LogP contribution in [-0.4, -0.2) is 23.5 Å². The Morgan fingerprint density at radius 1 is 1.22 bits per heavy atom. The molecule has 1 fully saturated rings. The minimum absolute atomic E-state index is 0.00972. The summed E-state index contributed by atoms with van der Waals surface area (Å²) in [6, 6.07) is 16.1. The molecule has 0 atom stereocenters. The average molecular weight is 398 g/mol. The van der Waals surface area contributed by atoms with E-state index in [1.807, 2.05) is 34.5 Å². The predicted octanol–water partition coefficient (Wildman–Crippen LogP) is 5.19. The molecule has 1 N–H and O–H groups in total. The van der Waals surface area contributed by atoms with Crippen LogP contribution in [0.25, 0.3) is 11.3 Å². The van der Waals surface area contributed by atoms with Gasteiger partial charge in [0.25, 0.3) is 0 Å². The molecule has 4 rings (SSSR count). The molecule has 27 heavy (non-hydrogen) atoms. The first-order chi connectivity index (χ1) is 13.1. The van der Waals surface area contributed by atoms with E-state index in [2.05, 4.69) is 36.5 Å². The maximum absolute atomic E-state index is 12.5. The average Bonchev–Trinajstić information content (AvgIpc) is 3.33. The van der Waals surface area contributed by atoms with Gasteiger partial charge in [-0.05, 0) is 31.9 Å². The summed E-state index contributed by atoms with van der Waals surface area (Å²) in [4.78, 5) is 19.1. The van der Waals surface area contributed by atoms with E-state index in [0.717, 1.165) is 34.9 Å². The largest absolute Gasteiger partial charge is 0.352 e. The monoisotopic (exact) mass is 397 g/mol. The van der Waals surface area contributed by atoms with Crippen molar-refractivity contribution in [1.29, 1.82) is 0 Å². The second-order valence-corrected chi connectivity index (χ2v) is 8.00. The number of benzene rings is 2. The maximum atomic E-state index is 12.5. The highest BCUT2D eigenvalue weighted by molar-refractivity contribution is 7.14. The van der Waals surface area contributed by atoms with Crippen LogP contribution in [0.5, 0.6) is 0 Å². The number of halogens is 1. The minimum atomic E-state index is -0.00972. The van der Waals surface area contributed by atoms with Crippen LogP contribution in [0.4, 0.5) is 10.8 Å². The molecule has 2 aromatic carbocycles. The number of carbonyl (C=O) groups is 1. The summed E-state index contributed by atoms with van der Waals surface area (Å²) in [6.45, 7) is 2.26. The van der Waals surface area contributed by atoms with Gasteiger partial charge in [-0.1, -0.05) is 53.6 Å². The van der Waals surface area contributed by atoms with Crippen molar-refractivity contribution >= 4 is 39.7 Å². The number of anilines is 2. The zero-order chi connectivity index (χ0) is 18.8. The molecule has 1 amide bonds. The van der Waals surface area contributed by atoms with E-state index in [-0.39, 0.29) is 12.5 Å². The van der Waals surface area contributed by atoms with Gasteiger partial charge in [0.05, 0.1) is 16.4 Å². The zero-order valence-corrected chi connectivity index (χ0v) is 16.6. The first-order valence-electron chi connectivity index (χ1n) is 8.94. The van der Waals surface area contributed by atoms with Gasteiger partial charge in [-0.15, -0.1) is 11.3 Å². The van der Waals surface area contributed by atoms with Crippen LogP contribution in [0.3, 0.4) is 0 Å². The Bertz CT molecular complexity index is 950. The third-order valence-electron chi connectivity index (χ3n) is 4.46. The van der Waals surface area contributed by atoms with Gasteiger partial charge >= 0.3 is 0 Å². The lowest BCUT2D eigenvalue weighted by Gasteiger charge is -2.22. The molecule has 0 bridgehead atoms. The van der Waals surface area contributed by atoms with Crippen LogP contribution in [0.15, 0.2) is 53.9 Å². The highest BCUT2D eigenvalue weighted by Crippen LogP contribution is 2.35. The van der Waals surface area contributed by atoms with Crippen LogP contribution in [0, 0.1) is 6.92 Å². The first kappa shape index (κ1) is 18.0. The Kier molecular flexibility index (Phi) is 5.14. The van der Waals surface area contributed by atoms with E-state index < -0.39 is 0 Å². The first-order valence-corrected chi connectivity index (χ1v) is 10.2. The number of nitrogens with zero attached hydrogens (tertiary/aromatic N) is 2. The Morgan fingerprint density at radius 2 is 1.96 bits per heavy atom. The molecule has 0 aliphatic heterocycles. The van der Waals surface area contributed by atoms with E-state index in [1.54, 1.807) is 0 Å². The SMILES string of the molecule is Cc1ccc(-c2csc(N(CC(=O)NC3CC3)c3ccccc3Cl)n2)cc1. The molecule has 0 radical (unpaired) electrons. The summed E-state index contributed by atoms with van der Waals surface area (Å²) in [5.41, 5.74) is 3.96. The third-order valence-corrected chi connectivity index (χ3v) is 5.64. The standard InChI is InChI=1S/C21H20ClN3OS/c1-14-6-8-15(9-7-14)18-13-27-21(24-18)25(12-20(26)23-16-10-11-16)19-5-3-2-4-17(19)22/h2-9,13,16H,10-12H2,1H3,(H,23,26). The molecular weight excluding hydrogens is 378 g/mol. The maximum Gasteiger partial charge on any atom is 0.240 e. The molecule has 1 aliphatic carbocycles. The molecule has 4 nitrogen and oxygen atoms in total. The van der Waals surface area contributed by atoms with Gasteiger partial charge in [0.2, 0.25) is 5.91 Å². The second kappa shape index (κ2) is 7.71. The molecule has 0 saturated heterocycles. The molecule has 1 saturated carbocycles. The molecule has 1 aliphatic rings. The van der Waals surface area contributed by atoms with E-state index in [0.29, 0.717) is 11.1 Å². The Hall–Kier alpha value is -2.37. The van der Waals surface area contributed by atoms with Gasteiger partial charge < -0.3 is 10.2 Å². The Labute approximate surface area is 167 Å². The molecule has 1 aromatic heterocycles. The summed E-state index contributed by atoms with van der Waals surface area (Å²) in [5, 5.41) is 6.41. The number of hydrogen-bond acceptors (Lipinski definition) is 4. The molecule has 1 heterocycles. The van der Waals surface area contributed by atoms with Crippen molar-refractivity contribution < 1.29 is 4.79 Å². The van der Waals surface area contributed by atoms with Crippen LogP contribution >= 0.6 is 22.9 Å². The van der Waals surface area contributed by atoms with Crippen molar-refractivity contribution in [2.45, 2.75) is 25.8 Å². The number of thiazole rings is 1. The van der Waals surface area contributed by atoms with Crippen molar-refractivity contribution in [3.63, 3.8) is 0 Å². The summed E-state index contributed by atoms with van der Waals surface area (Å²) in [6.07, 6.45) is 2.12. The van der Waals surface area contributed by atoms with Gasteiger partial charge in [-0.25, -0.2) is 4.98 Å². The topological polar surface area (TPSA) is 45.2 Å². The minimum Gasteiger partial charge on any atom is -0.352 e. The smallest absolute Gasteiger partial charge is 0.240 e. The van der Waals surface area contributed by atoms with Gasteiger partial charge in [-0.3, -0.25) is 4.79 Å². The number of aryl methyl sites for hydroxylation is 1. The van der Waals surface area contributed by atoms with Gasteiger partial charge in [-0.2, -0.15) is 0 Å². The number of amides is 1. The lowest BCUT2D eigenvalue weighted by Crippen LogP contribution is -2.36. The molecule has 138 valence electrons. The molecule has 6 heteroatoms. The van der Waals surface area contributed by atoms with Crippen molar-refractivity contribution in [3.8, 4) is 11.3 Å². The molecular formula is C21H20ClN3OS. The van der Waals surface area contributed by atoms with Gasteiger partial charge in [0.15, 0.2) is 5.13 Å². The van der Waals surface area contributed by atoms with Crippen molar-refractivity contribution in [2.24, 2.45) is 0 Å². The van der Waals surface area contributed by atoms with Crippen LogP contribution in [0.1, 0.15) is 18.4 Å². The molecule has 0 unspecified atom stereocenters. The van der Waals surface area contributed by atoms with E-state index >= 15 is 0 Å². The zero-order valence-electron chi connectivity index (χ0n) is 15.0. The Morgan fingerprint density at radius 3 is 2.67 bits per heavy atom. The fourth-order valence-electron chi connectivity index (χ4n) is 2.82. The van der Waals surface area contributed by atoms with Crippen molar-refractivity contribution in [2.75, 3.05) is 11.4 Å². The molecule has 0 spiro atoms. The fourth-order valence-corrected chi connectivity index (χ4v) is 3.90. The summed E-state index contributed by atoms with van der Waals surface area (Å²) >= 11 is 7.93. The van der Waals surface area contributed by atoms with E-state index in [9.17, 15) is 4.79 Å². The Balaban J connectivity index is 1.64. The number of rotatable bonds is 6. The fraction of sp³-hybridized carbons (Fsp3) is 0.238. The normalized spacial score (nSPS) is 13.4. The van der Waals surface area contributed by atoms with Crippen LogP contribution in [-0.2, 0) is 4.79 Å². The number of para-hydroxylation sites is 1. The summed E-state index contributed by atoms with van der Waals surface area (Å²) in [5.74, 6) is -0.00972. The van der Waals surface area contributed by atoms with Gasteiger partial charge in [0.1, 0.15) is 6.54 Å².